The lowest BCUT2D eigenvalue weighted by atomic mass is 9.89. The first-order chi connectivity index (χ1) is 11.7. The molecule has 120 valence electrons. The molecule has 1 nitrogen and oxygen atoms in total. The molecule has 0 bridgehead atoms. The van der Waals surface area contributed by atoms with Crippen LogP contribution in [0.2, 0.25) is 0 Å². The number of aryl methyl sites for hydroxylation is 3. The van der Waals surface area contributed by atoms with Gasteiger partial charge in [0.25, 0.3) is 0 Å². The fraction of sp³-hybridized carbons (Fsp3) is 0.217. The van der Waals surface area contributed by atoms with Crippen LogP contribution in [0.15, 0.2) is 52.9 Å². The minimum Gasteiger partial charge on any atom is -0.462 e. The van der Waals surface area contributed by atoms with E-state index >= 15 is 0 Å². The van der Waals surface area contributed by atoms with Crippen molar-refractivity contribution < 1.29 is 4.42 Å². The SMILES string of the molecule is CCc1ccc2c(c1-c1ccccc1C)C=C(c1ccc(C)o1)C2. The molecule has 0 aliphatic heterocycles. The summed E-state index contributed by atoms with van der Waals surface area (Å²) in [5.74, 6) is 1.97. The zero-order valence-electron chi connectivity index (χ0n) is 14.5. The minimum atomic E-state index is 0.950. The van der Waals surface area contributed by atoms with Gasteiger partial charge in [-0.25, -0.2) is 0 Å². The highest BCUT2D eigenvalue weighted by Gasteiger charge is 2.22. The fourth-order valence-corrected chi connectivity index (χ4v) is 3.69. The number of hydrogen-bond donors (Lipinski definition) is 0. The first-order valence-corrected chi connectivity index (χ1v) is 8.65. The van der Waals surface area contributed by atoms with Crippen LogP contribution in [0.4, 0.5) is 0 Å². The summed E-state index contributed by atoms with van der Waals surface area (Å²) in [5.41, 5.74) is 9.53. The van der Waals surface area contributed by atoms with Gasteiger partial charge in [-0.15, -0.1) is 0 Å². The molecule has 0 amide bonds. The van der Waals surface area contributed by atoms with Crippen LogP contribution in [0.3, 0.4) is 0 Å². The summed E-state index contributed by atoms with van der Waals surface area (Å²) in [6.07, 6.45) is 4.32. The molecule has 0 saturated heterocycles. The summed E-state index contributed by atoms with van der Waals surface area (Å²) in [4.78, 5) is 0. The van der Waals surface area contributed by atoms with Gasteiger partial charge in [-0.1, -0.05) is 43.3 Å². The van der Waals surface area contributed by atoms with E-state index in [-0.39, 0.29) is 0 Å². The van der Waals surface area contributed by atoms with Crippen molar-refractivity contribution in [2.75, 3.05) is 0 Å². The molecule has 24 heavy (non-hydrogen) atoms. The molecule has 1 aliphatic rings. The maximum atomic E-state index is 5.86. The Kier molecular flexibility index (Phi) is 3.65. The lowest BCUT2D eigenvalue weighted by Gasteiger charge is -2.15. The van der Waals surface area contributed by atoms with Crippen LogP contribution in [0.5, 0.6) is 0 Å². The molecule has 0 saturated carbocycles. The molecule has 1 heteroatoms. The summed E-state index contributed by atoms with van der Waals surface area (Å²) in [5, 5.41) is 0. The van der Waals surface area contributed by atoms with Crippen LogP contribution < -0.4 is 0 Å². The molecule has 0 N–H and O–H groups in total. The molecule has 1 aromatic heterocycles. The summed E-state index contributed by atoms with van der Waals surface area (Å²) < 4.78 is 5.86. The third-order valence-electron chi connectivity index (χ3n) is 4.97. The van der Waals surface area contributed by atoms with E-state index < -0.39 is 0 Å². The van der Waals surface area contributed by atoms with Crippen molar-refractivity contribution in [3.63, 3.8) is 0 Å². The van der Waals surface area contributed by atoms with Crippen molar-refractivity contribution in [2.45, 2.75) is 33.6 Å². The highest BCUT2D eigenvalue weighted by molar-refractivity contribution is 5.94. The van der Waals surface area contributed by atoms with Crippen molar-refractivity contribution >= 4 is 11.6 Å². The lowest BCUT2D eigenvalue weighted by molar-refractivity contribution is 0.521. The van der Waals surface area contributed by atoms with Gasteiger partial charge in [0, 0.05) is 6.42 Å². The van der Waals surface area contributed by atoms with Gasteiger partial charge in [-0.3, -0.25) is 0 Å². The molecule has 4 rings (SSSR count). The van der Waals surface area contributed by atoms with E-state index in [9.17, 15) is 0 Å². The summed E-state index contributed by atoms with van der Waals surface area (Å²) in [6.45, 7) is 6.43. The molecule has 0 unspecified atom stereocenters. The molecular formula is C23H22O. The second-order valence-electron chi connectivity index (χ2n) is 6.60. The van der Waals surface area contributed by atoms with E-state index in [1.807, 2.05) is 13.0 Å². The van der Waals surface area contributed by atoms with Gasteiger partial charge in [0.05, 0.1) is 0 Å². The highest BCUT2D eigenvalue weighted by Crippen LogP contribution is 2.40. The van der Waals surface area contributed by atoms with Crippen LogP contribution in [0.25, 0.3) is 22.8 Å². The molecular weight excluding hydrogens is 292 g/mol. The number of hydrogen-bond acceptors (Lipinski definition) is 1. The Balaban J connectivity index is 1.91. The van der Waals surface area contributed by atoms with Crippen LogP contribution in [0, 0.1) is 13.8 Å². The van der Waals surface area contributed by atoms with Gasteiger partial charge in [-0.05, 0) is 77.4 Å². The zero-order chi connectivity index (χ0) is 16.7. The van der Waals surface area contributed by atoms with Crippen LogP contribution in [-0.2, 0) is 12.8 Å². The van der Waals surface area contributed by atoms with Gasteiger partial charge in [0.2, 0.25) is 0 Å². The quantitative estimate of drug-likeness (QED) is 0.559. The minimum absolute atomic E-state index is 0.950. The molecule has 1 heterocycles. The highest BCUT2D eigenvalue weighted by atomic mass is 16.3. The summed E-state index contributed by atoms with van der Waals surface area (Å²) >= 11 is 0. The second kappa shape index (κ2) is 5.83. The van der Waals surface area contributed by atoms with Crippen molar-refractivity contribution in [3.8, 4) is 11.1 Å². The third-order valence-corrected chi connectivity index (χ3v) is 4.97. The molecule has 1 aliphatic carbocycles. The Morgan fingerprint density at radius 2 is 1.79 bits per heavy atom. The van der Waals surface area contributed by atoms with E-state index in [1.165, 1.54) is 39.0 Å². The van der Waals surface area contributed by atoms with Crippen molar-refractivity contribution in [1.29, 1.82) is 0 Å². The maximum Gasteiger partial charge on any atom is 0.130 e. The first kappa shape index (κ1) is 15.0. The zero-order valence-corrected chi connectivity index (χ0v) is 14.5. The number of fused-ring (bicyclic) bond motifs is 1. The normalized spacial score (nSPS) is 13.0. The number of allylic oxidation sites excluding steroid dienone is 1. The van der Waals surface area contributed by atoms with Crippen LogP contribution in [-0.4, -0.2) is 0 Å². The average Bonchev–Trinajstić information content (AvgIpc) is 3.20. The Morgan fingerprint density at radius 1 is 0.958 bits per heavy atom. The van der Waals surface area contributed by atoms with Crippen molar-refractivity contribution in [3.05, 3.63) is 82.3 Å². The molecule has 0 radical (unpaired) electrons. The standard InChI is InChI=1S/C23H22O/c1-4-17-10-11-18-13-19(22-12-9-16(3)24-22)14-21(18)23(17)20-8-6-5-7-15(20)2/h5-12,14H,4,13H2,1-3H3. The Labute approximate surface area is 143 Å². The first-order valence-electron chi connectivity index (χ1n) is 8.65. The van der Waals surface area contributed by atoms with Crippen LogP contribution in [0.1, 0.15) is 40.7 Å². The second-order valence-corrected chi connectivity index (χ2v) is 6.60. The summed E-state index contributed by atoms with van der Waals surface area (Å²) in [7, 11) is 0. The Hall–Kier alpha value is -2.54. The maximum absolute atomic E-state index is 5.86. The molecule has 0 atom stereocenters. The van der Waals surface area contributed by atoms with Gasteiger partial charge in [0.15, 0.2) is 0 Å². The van der Waals surface area contributed by atoms with Crippen LogP contribution >= 0.6 is 0 Å². The monoisotopic (exact) mass is 314 g/mol. The van der Waals surface area contributed by atoms with E-state index in [0.29, 0.717) is 0 Å². The van der Waals surface area contributed by atoms with Gasteiger partial charge in [-0.2, -0.15) is 0 Å². The molecule has 2 aromatic carbocycles. The van der Waals surface area contributed by atoms with E-state index in [4.69, 9.17) is 4.42 Å². The van der Waals surface area contributed by atoms with E-state index in [2.05, 4.69) is 62.4 Å². The predicted octanol–water partition coefficient (Wildman–Crippen LogP) is 6.22. The number of benzene rings is 2. The predicted molar refractivity (Wildman–Crippen MR) is 101 cm³/mol. The molecule has 0 fully saturated rings. The van der Waals surface area contributed by atoms with Crippen molar-refractivity contribution in [1.82, 2.24) is 0 Å². The molecule has 0 spiro atoms. The lowest BCUT2D eigenvalue weighted by Crippen LogP contribution is -1.95. The fourth-order valence-electron chi connectivity index (χ4n) is 3.69. The van der Waals surface area contributed by atoms with Gasteiger partial charge in [0.1, 0.15) is 11.5 Å². The smallest absolute Gasteiger partial charge is 0.130 e. The average molecular weight is 314 g/mol. The van der Waals surface area contributed by atoms with Gasteiger partial charge >= 0.3 is 0 Å². The molecule has 3 aromatic rings. The Morgan fingerprint density at radius 3 is 2.50 bits per heavy atom. The number of rotatable bonds is 3. The topological polar surface area (TPSA) is 13.1 Å². The largest absolute Gasteiger partial charge is 0.462 e. The number of furan rings is 1. The van der Waals surface area contributed by atoms with E-state index in [0.717, 1.165) is 24.4 Å². The van der Waals surface area contributed by atoms with E-state index in [1.54, 1.807) is 0 Å². The van der Waals surface area contributed by atoms with Gasteiger partial charge < -0.3 is 4.42 Å². The Bertz CT molecular complexity index is 940. The summed E-state index contributed by atoms with van der Waals surface area (Å²) in [6, 6.07) is 17.4. The third kappa shape index (κ3) is 2.41. The van der Waals surface area contributed by atoms with Crippen molar-refractivity contribution in [2.24, 2.45) is 0 Å².